The molecule has 0 saturated carbocycles. The van der Waals surface area contributed by atoms with Gasteiger partial charge in [0.25, 0.3) is 0 Å². The Balaban J connectivity index is 1.74. The Bertz CT molecular complexity index is 632. The number of benzene rings is 2. The lowest BCUT2D eigenvalue weighted by Crippen LogP contribution is -2.25. The molecule has 116 valence electrons. The van der Waals surface area contributed by atoms with Gasteiger partial charge in [-0.1, -0.05) is 35.9 Å². The summed E-state index contributed by atoms with van der Waals surface area (Å²) in [6, 6.07) is 15.1. The molecule has 0 aromatic heterocycles. The van der Waals surface area contributed by atoms with E-state index in [-0.39, 0.29) is 5.91 Å². The third-order valence-corrected chi connectivity index (χ3v) is 3.41. The van der Waals surface area contributed by atoms with E-state index in [1.807, 2.05) is 48.5 Å². The van der Waals surface area contributed by atoms with Crippen LogP contribution in [0.3, 0.4) is 0 Å². The first-order valence-electron chi connectivity index (χ1n) is 7.07. The number of para-hydroxylation sites is 1. The van der Waals surface area contributed by atoms with Crippen molar-refractivity contribution < 1.29 is 9.53 Å². The molecular weight excluding hydrogens is 300 g/mol. The highest BCUT2D eigenvalue weighted by Gasteiger charge is 2.05. The van der Waals surface area contributed by atoms with Crippen LogP contribution in [0, 0.1) is 0 Å². The van der Waals surface area contributed by atoms with E-state index >= 15 is 0 Å². The van der Waals surface area contributed by atoms with E-state index in [9.17, 15) is 4.79 Å². The van der Waals surface area contributed by atoms with E-state index in [4.69, 9.17) is 16.3 Å². The summed E-state index contributed by atoms with van der Waals surface area (Å²) in [5, 5.41) is 6.73. The summed E-state index contributed by atoms with van der Waals surface area (Å²) in [4.78, 5) is 11.9. The van der Waals surface area contributed by atoms with E-state index in [1.54, 1.807) is 7.11 Å². The molecule has 4 nitrogen and oxygen atoms in total. The lowest BCUT2D eigenvalue weighted by atomic mass is 10.2. The van der Waals surface area contributed by atoms with E-state index in [0.29, 0.717) is 24.5 Å². The average molecular weight is 319 g/mol. The second-order valence-corrected chi connectivity index (χ2v) is 5.21. The van der Waals surface area contributed by atoms with Crippen molar-refractivity contribution in [2.75, 3.05) is 19.0 Å². The summed E-state index contributed by atoms with van der Waals surface area (Å²) >= 11 is 5.90. The largest absolute Gasteiger partial charge is 0.496 e. The van der Waals surface area contributed by atoms with Crippen LogP contribution in [0.1, 0.15) is 12.0 Å². The van der Waals surface area contributed by atoms with Gasteiger partial charge in [-0.25, -0.2) is 0 Å². The second-order valence-electron chi connectivity index (χ2n) is 4.78. The minimum absolute atomic E-state index is 0.0135. The van der Waals surface area contributed by atoms with Crippen LogP contribution in [0.2, 0.25) is 5.02 Å². The highest BCUT2D eigenvalue weighted by atomic mass is 35.5. The predicted molar refractivity (Wildman–Crippen MR) is 89.4 cm³/mol. The Kier molecular flexibility index (Phi) is 6.10. The number of ether oxygens (including phenoxy) is 1. The van der Waals surface area contributed by atoms with Crippen LogP contribution in [-0.4, -0.2) is 19.6 Å². The molecule has 2 rings (SSSR count). The van der Waals surface area contributed by atoms with Crippen LogP contribution < -0.4 is 15.4 Å². The van der Waals surface area contributed by atoms with Gasteiger partial charge in [-0.15, -0.1) is 0 Å². The van der Waals surface area contributed by atoms with Gasteiger partial charge in [0, 0.05) is 35.8 Å². The van der Waals surface area contributed by atoms with Crippen LogP contribution in [0.4, 0.5) is 5.69 Å². The maximum absolute atomic E-state index is 11.9. The maximum atomic E-state index is 11.9. The van der Waals surface area contributed by atoms with Crippen LogP contribution in [0.25, 0.3) is 0 Å². The number of anilines is 1. The zero-order valence-corrected chi connectivity index (χ0v) is 13.2. The first-order chi connectivity index (χ1) is 10.7. The maximum Gasteiger partial charge on any atom is 0.222 e. The van der Waals surface area contributed by atoms with E-state index < -0.39 is 0 Å². The molecule has 0 fully saturated rings. The van der Waals surface area contributed by atoms with Gasteiger partial charge in [0.2, 0.25) is 5.91 Å². The molecule has 0 radical (unpaired) electrons. The molecule has 5 heteroatoms. The fraction of sp³-hybridized carbons (Fsp3) is 0.235. The van der Waals surface area contributed by atoms with E-state index in [1.165, 1.54) is 0 Å². The van der Waals surface area contributed by atoms with Crippen molar-refractivity contribution in [2.45, 2.75) is 13.0 Å². The molecule has 0 aliphatic heterocycles. The second kappa shape index (κ2) is 8.29. The lowest BCUT2D eigenvalue weighted by molar-refractivity contribution is -0.121. The van der Waals surface area contributed by atoms with Gasteiger partial charge in [0.15, 0.2) is 0 Å². The third-order valence-electron chi connectivity index (χ3n) is 3.17. The number of carbonyl (C=O) groups excluding carboxylic acids is 1. The topological polar surface area (TPSA) is 50.4 Å². The van der Waals surface area contributed by atoms with Gasteiger partial charge in [0.05, 0.1) is 7.11 Å². The Morgan fingerprint density at radius 3 is 2.77 bits per heavy atom. The average Bonchev–Trinajstić information content (AvgIpc) is 2.53. The molecular formula is C17H19ClN2O2. The number of nitrogens with one attached hydrogen (secondary N) is 2. The van der Waals surface area contributed by atoms with Crippen LogP contribution in [0.5, 0.6) is 5.75 Å². The van der Waals surface area contributed by atoms with Crippen LogP contribution in [-0.2, 0) is 11.3 Å². The number of methoxy groups -OCH3 is 1. The van der Waals surface area contributed by atoms with Crippen molar-refractivity contribution in [2.24, 2.45) is 0 Å². The molecule has 0 aliphatic rings. The molecule has 0 bridgehead atoms. The zero-order chi connectivity index (χ0) is 15.8. The molecule has 0 atom stereocenters. The minimum atomic E-state index is -0.0135. The normalized spacial score (nSPS) is 10.1. The first-order valence-corrected chi connectivity index (χ1v) is 7.45. The molecule has 1 amide bonds. The van der Waals surface area contributed by atoms with Crippen molar-refractivity contribution in [1.82, 2.24) is 5.32 Å². The number of carbonyl (C=O) groups is 1. The number of hydrogen-bond donors (Lipinski definition) is 2. The molecule has 2 aromatic rings. The number of halogens is 1. The number of amides is 1. The summed E-state index contributed by atoms with van der Waals surface area (Å²) in [5.74, 6) is 0.764. The molecule has 0 unspecified atom stereocenters. The molecule has 0 saturated heterocycles. The Hall–Kier alpha value is -2.20. The first kappa shape index (κ1) is 16.2. The Morgan fingerprint density at radius 2 is 2.00 bits per heavy atom. The van der Waals surface area contributed by atoms with Gasteiger partial charge >= 0.3 is 0 Å². The summed E-state index contributed by atoms with van der Waals surface area (Å²) in [5.41, 5.74) is 1.87. The van der Waals surface area contributed by atoms with Crippen molar-refractivity contribution in [3.05, 3.63) is 59.1 Å². The zero-order valence-electron chi connectivity index (χ0n) is 12.4. The van der Waals surface area contributed by atoms with Crippen molar-refractivity contribution in [3.63, 3.8) is 0 Å². The smallest absolute Gasteiger partial charge is 0.222 e. The van der Waals surface area contributed by atoms with Crippen molar-refractivity contribution >= 4 is 23.2 Å². The standard InChI is InChI=1S/C17H19ClN2O2/c1-22-16-8-3-2-5-13(16)12-20-17(21)9-10-19-15-7-4-6-14(18)11-15/h2-8,11,19H,9-10,12H2,1H3,(H,20,21). The minimum Gasteiger partial charge on any atom is -0.496 e. The lowest BCUT2D eigenvalue weighted by Gasteiger charge is -2.10. The van der Waals surface area contributed by atoms with Crippen molar-refractivity contribution in [3.8, 4) is 5.75 Å². The SMILES string of the molecule is COc1ccccc1CNC(=O)CCNc1cccc(Cl)c1. The monoisotopic (exact) mass is 318 g/mol. The summed E-state index contributed by atoms with van der Waals surface area (Å²) in [6.07, 6.45) is 0.391. The van der Waals surface area contributed by atoms with E-state index in [2.05, 4.69) is 10.6 Å². The number of rotatable bonds is 7. The van der Waals surface area contributed by atoms with Crippen LogP contribution in [0.15, 0.2) is 48.5 Å². The Morgan fingerprint density at radius 1 is 1.18 bits per heavy atom. The third kappa shape index (κ3) is 4.97. The van der Waals surface area contributed by atoms with Gasteiger partial charge in [-0.2, -0.15) is 0 Å². The quantitative estimate of drug-likeness (QED) is 0.822. The highest BCUT2D eigenvalue weighted by Crippen LogP contribution is 2.17. The highest BCUT2D eigenvalue weighted by molar-refractivity contribution is 6.30. The van der Waals surface area contributed by atoms with Gasteiger partial charge in [0.1, 0.15) is 5.75 Å². The molecule has 0 spiro atoms. The summed E-state index contributed by atoms with van der Waals surface area (Å²) in [7, 11) is 1.62. The molecule has 0 aliphatic carbocycles. The Labute approximate surface area is 135 Å². The fourth-order valence-corrected chi connectivity index (χ4v) is 2.24. The van der Waals surface area contributed by atoms with Gasteiger partial charge in [-0.05, 0) is 24.3 Å². The molecule has 22 heavy (non-hydrogen) atoms. The molecule has 0 heterocycles. The van der Waals surface area contributed by atoms with Crippen LogP contribution >= 0.6 is 11.6 Å². The van der Waals surface area contributed by atoms with E-state index in [0.717, 1.165) is 17.0 Å². The number of hydrogen-bond acceptors (Lipinski definition) is 3. The van der Waals surface area contributed by atoms with Crippen molar-refractivity contribution in [1.29, 1.82) is 0 Å². The van der Waals surface area contributed by atoms with Gasteiger partial charge < -0.3 is 15.4 Å². The molecule has 2 aromatic carbocycles. The summed E-state index contributed by atoms with van der Waals surface area (Å²) < 4.78 is 5.25. The molecule has 2 N–H and O–H groups in total. The predicted octanol–water partition coefficient (Wildman–Crippen LogP) is 3.47. The fourth-order valence-electron chi connectivity index (χ4n) is 2.05. The van der Waals surface area contributed by atoms with Gasteiger partial charge in [-0.3, -0.25) is 4.79 Å². The summed E-state index contributed by atoms with van der Waals surface area (Å²) in [6.45, 7) is 1.01.